The Morgan fingerprint density at radius 1 is 0.960 bits per heavy atom. The highest BCUT2D eigenvalue weighted by Crippen LogP contribution is 2.27. The highest BCUT2D eigenvalue weighted by molar-refractivity contribution is 7.89. The predicted octanol–water partition coefficient (Wildman–Crippen LogP) is -0.181. The van der Waals surface area contributed by atoms with Crippen molar-refractivity contribution in [1.29, 1.82) is 0 Å². The first-order valence-electron chi connectivity index (χ1n) is 8.27. The van der Waals surface area contributed by atoms with Crippen LogP contribution in [0.2, 0.25) is 0 Å². The molecule has 2 aliphatic rings. The monoisotopic (exact) mass is 389 g/mol. The van der Waals surface area contributed by atoms with Gasteiger partial charge >= 0.3 is 0 Å². The lowest BCUT2D eigenvalue weighted by molar-refractivity contribution is 0.0730. The van der Waals surface area contributed by atoms with Gasteiger partial charge in [-0.1, -0.05) is 0 Å². The third-order valence-electron chi connectivity index (χ3n) is 4.63. The molecule has 8 nitrogen and oxygen atoms in total. The van der Waals surface area contributed by atoms with E-state index in [-0.39, 0.29) is 22.4 Å². The van der Waals surface area contributed by atoms with Gasteiger partial charge in [-0.25, -0.2) is 16.8 Å². The molecule has 0 radical (unpaired) electrons. The fraction of sp³-hybridized carbons (Fsp3) is 0.600. The number of benzene rings is 1. The first-order valence-corrected chi connectivity index (χ1v) is 11.2. The molecule has 140 valence electrons. The number of morpholine rings is 1. The van der Waals surface area contributed by atoms with Crippen molar-refractivity contribution in [1.82, 2.24) is 8.61 Å². The molecule has 1 aromatic carbocycles. The lowest BCUT2D eigenvalue weighted by Crippen LogP contribution is -2.40. The molecule has 2 saturated heterocycles. The molecule has 0 bridgehead atoms. The third-order valence-corrected chi connectivity index (χ3v) is 8.51. The molecule has 3 rings (SSSR count). The Hall–Kier alpha value is -1.04. The number of ether oxygens (including phenoxy) is 1. The highest BCUT2D eigenvalue weighted by Gasteiger charge is 2.35. The summed E-state index contributed by atoms with van der Waals surface area (Å²) < 4.78 is 58.7. The molecule has 0 aromatic heterocycles. The van der Waals surface area contributed by atoms with Crippen molar-refractivity contribution in [2.75, 3.05) is 39.4 Å². The van der Waals surface area contributed by atoms with E-state index < -0.39 is 20.0 Å². The third kappa shape index (κ3) is 3.60. The average Bonchev–Trinajstić information content (AvgIpc) is 3.12. The van der Waals surface area contributed by atoms with Gasteiger partial charge in [0.1, 0.15) is 0 Å². The Balaban J connectivity index is 1.84. The molecule has 1 atom stereocenters. The molecule has 2 N–H and O–H groups in total. The Kier molecular flexibility index (Phi) is 5.47. The molecule has 0 amide bonds. The van der Waals surface area contributed by atoms with Crippen LogP contribution in [0.4, 0.5) is 0 Å². The summed E-state index contributed by atoms with van der Waals surface area (Å²) in [6, 6.07) is 5.22. The minimum Gasteiger partial charge on any atom is -0.379 e. The predicted molar refractivity (Wildman–Crippen MR) is 92.0 cm³/mol. The molecule has 2 fully saturated rings. The quantitative estimate of drug-likeness (QED) is 0.748. The topological polar surface area (TPSA) is 110 Å². The summed E-state index contributed by atoms with van der Waals surface area (Å²) in [5.74, 6) is 0. The standard InChI is InChI=1S/C15H23N3O5S2/c16-12-13-2-1-7-18(13)25(21,22)15-5-3-14(4-6-15)24(19,20)17-8-10-23-11-9-17/h3-6,13H,1-2,7-12,16H2. The molecule has 10 heteroatoms. The second-order valence-electron chi connectivity index (χ2n) is 6.14. The largest absolute Gasteiger partial charge is 0.379 e. The summed E-state index contributed by atoms with van der Waals surface area (Å²) in [6.07, 6.45) is 1.53. The average molecular weight is 389 g/mol. The molecule has 25 heavy (non-hydrogen) atoms. The SMILES string of the molecule is NCC1CCCN1S(=O)(=O)c1ccc(S(=O)(=O)N2CCOCC2)cc1. The van der Waals surface area contributed by atoms with Gasteiger partial charge in [-0.3, -0.25) is 0 Å². The van der Waals surface area contributed by atoms with Crippen LogP contribution in [0.25, 0.3) is 0 Å². The van der Waals surface area contributed by atoms with Gasteiger partial charge in [0.25, 0.3) is 0 Å². The van der Waals surface area contributed by atoms with Crippen LogP contribution in [0, 0.1) is 0 Å². The molecule has 1 unspecified atom stereocenters. The van der Waals surface area contributed by atoms with Crippen molar-refractivity contribution in [3.8, 4) is 0 Å². The Bertz CT molecular complexity index is 802. The zero-order valence-corrected chi connectivity index (χ0v) is 15.5. The number of hydrogen-bond acceptors (Lipinski definition) is 6. The van der Waals surface area contributed by atoms with E-state index in [4.69, 9.17) is 10.5 Å². The van der Waals surface area contributed by atoms with E-state index in [2.05, 4.69) is 0 Å². The van der Waals surface area contributed by atoms with Crippen molar-refractivity contribution < 1.29 is 21.6 Å². The highest BCUT2D eigenvalue weighted by atomic mass is 32.2. The van der Waals surface area contributed by atoms with E-state index in [0.29, 0.717) is 32.8 Å². The second kappa shape index (κ2) is 7.29. The fourth-order valence-electron chi connectivity index (χ4n) is 3.22. The van der Waals surface area contributed by atoms with Crippen molar-refractivity contribution in [2.24, 2.45) is 5.73 Å². The number of sulfonamides is 2. The first kappa shape index (κ1) is 18.7. The van der Waals surface area contributed by atoms with Crippen molar-refractivity contribution >= 4 is 20.0 Å². The fourth-order valence-corrected chi connectivity index (χ4v) is 6.33. The smallest absolute Gasteiger partial charge is 0.243 e. The van der Waals surface area contributed by atoms with Crippen LogP contribution in [-0.4, -0.2) is 70.9 Å². The second-order valence-corrected chi connectivity index (χ2v) is 9.96. The number of rotatable bonds is 5. The lowest BCUT2D eigenvalue weighted by atomic mass is 10.2. The van der Waals surface area contributed by atoms with Gasteiger partial charge in [-0.15, -0.1) is 0 Å². The zero-order valence-electron chi connectivity index (χ0n) is 13.9. The van der Waals surface area contributed by atoms with Gasteiger partial charge in [0.05, 0.1) is 23.0 Å². The Morgan fingerprint density at radius 2 is 1.52 bits per heavy atom. The maximum Gasteiger partial charge on any atom is 0.243 e. The van der Waals surface area contributed by atoms with Crippen LogP contribution in [0.3, 0.4) is 0 Å². The van der Waals surface area contributed by atoms with E-state index in [0.717, 1.165) is 12.8 Å². The maximum atomic E-state index is 12.8. The minimum absolute atomic E-state index is 0.0881. The molecular weight excluding hydrogens is 366 g/mol. The summed E-state index contributed by atoms with van der Waals surface area (Å²) in [6.45, 7) is 2.05. The van der Waals surface area contributed by atoms with Crippen LogP contribution in [-0.2, 0) is 24.8 Å². The van der Waals surface area contributed by atoms with E-state index in [1.807, 2.05) is 0 Å². The van der Waals surface area contributed by atoms with Crippen LogP contribution in [0.5, 0.6) is 0 Å². The van der Waals surface area contributed by atoms with Gasteiger partial charge in [0.15, 0.2) is 0 Å². The summed E-state index contributed by atoms with van der Waals surface area (Å²) in [4.78, 5) is 0.180. The Labute approximate surface area is 148 Å². The van der Waals surface area contributed by atoms with Crippen LogP contribution in [0.15, 0.2) is 34.1 Å². The van der Waals surface area contributed by atoms with E-state index >= 15 is 0 Å². The van der Waals surface area contributed by atoms with Crippen LogP contribution >= 0.6 is 0 Å². The summed E-state index contributed by atoms with van der Waals surface area (Å²) >= 11 is 0. The summed E-state index contributed by atoms with van der Waals surface area (Å²) in [5, 5.41) is 0. The number of nitrogens with zero attached hydrogens (tertiary/aromatic N) is 2. The molecule has 2 aliphatic heterocycles. The molecule has 0 spiro atoms. The van der Waals surface area contributed by atoms with E-state index in [1.54, 1.807) is 0 Å². The van der Waals surface area contributed by atoms with Gasteiger partial charge in [0, 0.05) is 32.2 Å². The van der Waals surface area contributed by atoms with Gasteiger partial charge in [-0.2, -0.15) is 8.61 Å². The summed E-state index contributed by atoms with van der Waals surface area (Å²) in [5.41, 5.74) is 5.66. The minimum atomic E-state index is -3.66. The van der Waals surface area contributed by atoms with Crippen molar-refractivity contribution in [3.05, 3.63) is 24.3 Å². The Morgan fingerprint density at radius 3 is 2.08 bits per heavy atom. The van der Waals surface area contributed by atoms with Crippen molar-refractivity contribution in [2.45, 2.75) is 28.7 Å². The zero-order chi connectivity index (χ0) is 18.1. The van der Waals surface area contributed by atoms with Gasteiger partial charge in [0.2, 0.25) is 20.0 Å². The lowest BCUT2D eigenvalue weighted by Gasteiger charge is -2.26. The summed E-state index contributed by atoms with van der Waals surface area (Å²) in [7, 11) is -7.30. The molecule has 0 aliphatic carbocycles. The molecular formula is C15H23N3O5S2. The molecule has 0 saturated carbocycles. The van der Waals surface area contributed by atoms with Crippen molar-refractivity contribution in [3.63, 3.8) is 0 Å². The first-order chi connectivity index (χ1) is 11.9. The number of hydrogen-bond donors (Lipinski definition) is 1. The van der Waals surface area contributed by atoms with Gasteiger partial charge < -0.3 is 10.5 Å². The molecule has 1 aromatic rings. The van der Waals surface area contributed by atoms with E-state index in [1.165, 1.54) is 32.9 Å². The maximum absolute atomic E-state index is 12.8. The molecule has 2 heterocycles. The van der Waals surface area contributed by atoms with Crippen LogP contribution in [0.1, 0.15) is 12.8 Å². The van der Waals surface area contributed by atoms with Crippen LogP contribution < -0.4 is 5.73 Å². The number of nitrogens with two attached hydrogens (primary N) is 1. The van der Waals surface area contributed by atoms with Gasteiger partial charge in [-0.05, 0) is 37.1 Å². The van der Waals surface area contributed by atoms with E-state index in [9.17, 15) is 16.8 Å². The normalized spacial score (nSPS) is 23.8.